The first kappa shape index (κ1) is 21.1. The molecule has 168 valence electrons. The number of amides is 4. The van der Waals surface area contributed by atoms with Crippen LogP contribution in [0.4, 0.5) is 4.79 Å². The van der Waals surface area contributed by atoms with Crippen LogP contribution in [0.25, 0.3) is 10.9 Å². The summed E-state index contributed by atoms with van der Waals surface area (Å²) in [5, 5.41) is 8.91. The summed E-state index contributed by atoms with van der Waals surface area (Å²) in [6, 6.07) is 16.4. The smallest absolute Gasteiger partial charge is 0.322 e. The molecule has 2 atom stereocenters. The number of urea groups is 1. The summed E-state index contributed by atoms with van der Waals surface area (Å²) in [7, 11) is 0. The predicted octanol–water partition coefficient (Wildman–Crippen LogP) is 2.23. The largest absolute Gasteiger partial charge is 0.378 e. The van der Waals surface area contributed by atoms with Gasteiger partial charge in [0, 0.05) is 23.3 Å². The third kappa shape index (κ3) is 3.93. The lowest BCUT2D eigenvalue weighted by molar-refractivity contribution is -0.130. The molecule has 0 bridgehead atoms. The number of aryl methyl sites for hydroxylation is 1. The molecule has 2 aliphatic rings. The van der Waals surface area contributed by atoms with Crippen molar-refractivity contribution in [3.8, 4) is 0 Å². The molecule has 33 heavy (non-hydrogen) atoms. The Kier molecular flexibility index (Phi) is 5.30. The van der Waals surface area contributed by atoms with E-state index in [0.717, 1.165) is 28.6 Å². The maximum Gasteiger partial charge on any atom is 0.322 e. The van der Waals surface area contributed by atoms with Crippen molar-refractivity contribution in [2.75, 3.05) is 13.2 Å². The molecule has 2 aromatic carbocycles. The molecule has 0 saturated carbocycles. The van der Waals surface area contributed by atoms with E-state index in [1.165, 1.54) is 5.56 Å². The highest BCUT2D eigenvalue weighted by atomic mass is 16.5. The first-order valence-electron chi connectivity index (χ1n) is 10.9. The van der Waals surface area contributed by atoms with E-state index in [0.29, 0.717) is 18.6 Å². The molecular weight excluding hydrogens is 420 g/mol. The highest BCUT2D eigenvalue weighted by Gasteiger charge is 2.54. The van der Waals surface area contributed by atoms with Gasteiger partial charge in [0.05, 0.1) is 18.2 Å². The van der Waals surface area contributed by atoms with Crippen LogP contribution >= 0.6 is 0 Å². The van der Waals surface area contributed by atoms with E-state index in [-0.39, 0.29) is 12.5 Å². The average molecular weight is 444 g/mol. The summed E-state index contributed by atoms with van der Waals surface area (Å²) in [6.07, 6.45) is 1.15. The Bertz CT molecular complexity index is 1260. The standard InChI is InChI=1S/C25H24N4O4/c1-15-12-18(19-4-2-3-5-20(19)26-15)13-16-6-8-17(9-7-16)22(30)27-21-10-11-33-14-25(21)23(31)28-24(32)29-25/h2-9,12,21H,10-11,13-14H2,1H3,(H,27,30)(H2,28,29,31,32). The molecule has 8 nitrogen and oxygen atoms in total. The summed E-state index contributed by atoms with van der Waals surface area (Å²) in [5.74, 6) is -0.778. The minimum atomic E-state index is -1.27. The zero-order valence-corrected chi connectivity index (χ0v) is 18.2. The lowest BCUT2D eigenvalue weighted by atomic mass is 9.86. The second kappa shape index (κ2) is 8.29. The lowest BCUT2D eigenvalue weighted by Crippen LogP contribution is -2.67. The van der Waals surface area contributed by atoms with Crippen LogP contribution in [0.1, 0.15) is 33.6 Å². The van der Waals surface area contributed by atoms with Gasteiger partial charge in [0.15, 0.2) is 5.54 Å². The number of ether oxygens (including phenoxy) is 1. The van der Waals surface area contributed by atoms with Gasteiger partial charge in [0.25, 0.3) is 11.8 Å². The third-order valence-corrected chi connectivity index (χ3v) is 6.29. The minimum Gasteiger partial charge on any atom is -0.378 e. The lowest BCUT2D eigenvalue weighted by Gasteiger charge is -2.38. The normalized spacial score (nSPS) is 22.3. The van der Waals surface area contributed by atoms with Gasteiger partial charge in [0.1, 0.15) is 0 Å². The molecule has 2 aliphatic heterocycles. The van der Waals surface area contributed by atoms with Crippen LogP contribution in [0.5, 0.6) is 0 Å². The number of aromatic nitrogens is 1. The van der Waals surface area contributed by atoms with Gasteiger partial charge in [-0.25, -0.2) is 4.79 Å². The maximum absolute atomic E-state index is 12.9. The molecule has 2 unspecified atom stereocenters. The molecule has 3 aromatic rings. The molecule has 8 heteroatoms. The maximum atomic E-state index is 12.9. The fourth-order valence-electron chi connectivity index (χ4n) is 4.61. The Morgan fingerprint density at radius 2 is 1.97 bits per heavy atom. The van der Waals surface area contributed by atoms with E-state index in [1.807, 2.05) is 37.3 Å². The Hall–Kier alpha value is -3.78. The number of hydrogen-bond acceptors (Lipinski definition) is 5. The topological polar surface area (TPSA) is 109 Å². The molecule has 1 spiro atoms. The zero-order chi connectivity index (χ0) is 23.0. The van der Waals surface area contributed by atoms with Crippen molar-refractivity contribution < 1.29 is 19.1 Å². The van der Waals surface area contributed by atoms with Crippen LogP contribution in [0.15, 0.2) is 54.6 Å². The number of benzene rings is 2. The number of imide groups is 1. The number of hydrogen-bond donors (Lipinski definition) is 3. The quantitative estimate of drug-likeness (QED) is 0.535. The first-order valence-corrected chi connectivity index (χ1v) is 10.9. The van der Waals surface area contributed by atoms with Crippen molar-refractivity contribution in [3.05, 3.63) is 77.0 Å². The molecular formula is C25H24N4O4. The highest BCUT2D eigenvalue weighted by molar-refractivity contribution is 6.08. The summed E-state index contributed by atoms with van der Waals surface area (Å²) < 4.78 is 5.42. The monoisotopic (exact) mass is 444 g/mol. The van der Waals surface area contributed by atoms with Gasteiger partial charge < -0.3 is 15.4 Å². The fraction of sp³-hybridized carbons (Fsp3) is 0.280. The van der Waals surface area contributed by atoms with E-state index < -0.39 is 23.5 Å². The van der Waals surface area contributed by atoms with Crippen LogP contribution in [0.3, 0.4) is 0 Å². The van der Waals surface area contributed by atoms with Gasteiger partial charge in [-0.15, -0.1) is 0 Å². The van der Waals surface area contributed by atoms with Crippen molar-refractivity contribution >= 4 is 28.7 Å². The summed E-state index contributed by atoms with van der Waals surface area (Å²) in [6.45, 7) is 2.40. The van der Waals surface area contributed by atoms with Crippen LogP contribution in [0, 0.1) is 6.92 Å². The molecule has 0 radical (unpaired) electrons. The Morgan fingerprint density at radius 3 is 2.73 bits per heavy atom. The molecule has 1 aromatic heterocycles. The number of carbonyl (C=O) groups excluding carboxylic acids is 3. The number of pyridine rings is 1. The summed E-state index contributed by atoms with van der Waals surface area (Å²) >= 11 is 0. The summed E-state index contributed by atoms with van der Waals surface area (Å²) in [5.41, 5.74) is 3.41. The molecule has 3 heterocycles. The first-order chi connectivity index (χ1) is 15.9. The number of nitrogens with one attached hydrogen (secondary N) is 3. The van der Waals surface area contributed by atoms with Gasteiger partial charge in [-0.1, -0.05) is 30.3 Å². The molecule has 2 fully saturated rings. The van der Waals surface area contributed by atoms with Crippen LogP contribution in [0.2, 0.25) is 0 Å². The molecule has 2 saturated heterocycles. The van der Waals surface area contributed by atoms with Gasteiger partial charge in [-0.05, 0) is 55.2 Å². The second-order valence-corrected chi connectivity index (χ2v) is 8.56. The van der Waals surface area contributed by atoms with Gasteiger partial charge in [0.2, 0.25) is 0 Å². The van der Waals surface area contributed by atoms with E-state index >= 15 is 0 Å². The molecule has 3 N–H and O–H groups in total. The Morgan fingerprint density at radius 1 is 1.18 bits per heavy atom. The second-order valence-electron chi connectivity index (χ2n) is 8.56. The fourth-order valence-corrected chi connectivity index (χ4v) is 4.61. The minimum absolute atomic E-state index is 0.0216. The summed E-state index contributed by atoms with van der Waals surface area (Å²) in [4.78, 5) is 41.6. The van der Waals surface area contributed by atoms with Crippen LogP contribution < -0.4 is 16.0 Å². The van der Waals surface area contributed by atoms with Crippen LogP contribution in [-0.4, -0.2) is 47.6 Å². The number of carbonyl (C=O) groups is 3. The number of para-hydroxylation sites is 1. The number of rotatable bonds is 4. The van der Waals surface area contributed by atoms with Crippen LogP contribution in [-0.2, 0) is 16.0 Å². The predicted molar refractivity (Wildman–Crippen MR) is 122 cm³/mol. The highest BCUT2D eigenvalue weighted by Crippen LogP contribution is 2.25. The van der Waals surface area contributed by atoms with E-state index in [4.69, 9.17) is 4.74 Å². The Balaban J connectivity index is 1.32. The average Bonchev–Trinajstić information content (AvgIpc) is 3.08. The van der Waals surface area contributed by atoms with E-state index in [1.54, 1.807) is 12.1 Å². The van der Waals surface area contributed by atoms with E-state index in [9.17, 15) is 14.4 Å². The number of nitrogens with zero attached hydrogens (tertiary/aromatic N) is 1. The Labute approximate surface area is 190 Å². The zero-order valence-electron chi connectivity index (χ0n) is 18.2. The van der Waals surface area contributed by atoms with E-state index in [2.05, 4.69) is 33.1 Å². The van der Waals surface area contributed by atoms with Crippen molar-refractivity contribution in [1.29, 1.82) is 0 Å². The SMILES string of the molecule is Cc1cc(Cc2ccc(C(=O)NC3CCOCC34NC(=O)NC4=O)cc2)c2ccccc2n1. The van der Waals surface area contributed by atoms with Gasteiger partial charge >= 0.3 is 6.03 Å². The van der Waals surface area contributed by atoms with Crippen molar-refractivity contribution in [1.82, 2.24) is 20.9 Å². The van der Waals surface area contributed by atoms with Gasteiger partial charge in [-0.2, -0.15) is 0 Å². The molecule has 0 aliphatic carbocycles. The number of fused-ring (bicyclic) bond motifs is 1. The third-order valence-electron chi connectivity index (χ3n) is 6.29. The van der Waals surface area contributed by atoms with Crippen molar-refractivity contribution in [2.24, 2.45) is 0 Å². The van der Waals surface area contributed by atoms with Gasteiger partial charge in [-0.3, -0.25) is 19.9 Å². The van der Waals surface area contributed by atoms with Crippen molar-refractivity contribution in [3.63, 3.8) is 0 Å². The molecule has 4 amide bonds. The van der Waals surface area contributed by atoms with Crippen molar-refractivity contribution in [2.45, 2.75) is 31.3 Å². The molecule has 5 rings (SSSR count).